The summed E-state index contributed by atoms with van der Waals surface area (Å²) in [4.78, 5) is 10.3. The normalized spacial score (nSPS) is 11.6. The molecule has 0 radical (unpaired) electrons. The molecule has 0 bridgehead atoms. The number of aromatic nitrogens is 5. The molecule has 0 spiro atoms. The lowest BCUT2D eigenvalue weighted by Crippen LogP contribution is -2.01. The molecule has 0 fully saturated rings. The molecular weight excluding hydrogens is 755 g/mol. The molecule has 3 heterocycles. The van der Waals surface area contributed by atoms with E-state index >= 15 is 0 Å². The summed E-state index contributed by atoms with van der Waals surface area (Å²) in [6.45, 7) is 0.743. The van der Waals surface area contributed by atoms with Crippen LogP contribution in [-0.2, 0) is 6.54 Å². The van der Waals surface area contributed by atoms with Gasteiger partial charge in [-0.2, -0.15) is 0 Å². The summed E-state index contributed by atoms with van der Waals surface area (Å²) >= 11 is 0. The predicted molar refractivity (Wildman–Crippen MR) is 256 cm³/mol. The van der Waals surface area contributed by atoms with E-state index in [0.717, 1.165) is 79.5 Å². The first-order valence-corrected chi connectivity index (χ1v) is 21.1. The standard InChI is InChI=1S/C57H39N5/c1-4-18-39(19-5-1)38-60-52-31-13-10-28-47(52)49-37-44(42-24-16-26-45(34-42)61-53-32-14-11-29-50(53)58-56(61)40-20-6-2-7-21-40)36-48(55(49)60)43-25-17-27-46(35-43)62-54-33-15-12-30-51(54)59-57(62)41-22-8-3-9-23-41/h1-37H,38H2. The summed E-state index contributed by atoms with van der Waals surface area (Å²) in [6, 6.07) is 80.1. The fraction of sp³-hybridized carbons (Fsp3) is 0.0175. The van der Waals surface area contributed by atoms with Gasteiger partial charge < -0.3 is 4.57 Å². The van der Waals surface area contributed by atoms with Crippen molar-refractivity contribution in [3.63, 3.8) is 0 Å². The molecule has 0 aliphatic heterocycles. The molecule has 62 heavy (non-hydrogen) atoms. The van der Waals surface area contributed by atoms with Gasteiger partial charge in [-0.15, -0.1) is 0 Å². The molecule has 292 valence electrons. The molecule has 0 atom stereocenters. The Bertz CT molecular complexity index is 3600. The van der Waals surface area contributed by atoms with Crippen molar-refractivity contribution in [2.45, 2.75) is 6.54 Å². The number of fused-ring (bicyclic) bond motifs is 5. The van der Waals surface area contributed by atoms with Crippen molar-refractivity contribution in [3.8, 4) is 56.4 Å². The second kappa shape index (κ2) is 14.8. The second-order valence-electron chi connectivity index (χ2n) is 15.9. The smallest absolute Gasteiger partial charge is 0.145 e. The number of hydrogen-bond donors (Lipinski definition) is 0. The van der Waals surface area contributed by atoms with Crippen molar-refractivity contribution >= 4 is 43.9 Å². The first-order valence-electron chi connectivity index (χ1n) is 21.1. The van der Waals surface area contributed by atoms with Crippen LogP contribution in [0, 0.1) is 0 Å². The van der Waals surface area contributed by atoms with Gasteiger partial charge in [0.15, 0.2) is 0 Å². The van der Waals surface area contributed by atoms with E-state index in [1.807, 2.05) is 0 Å². The zero-order chi connectivity index (χ0) is 41.0. The first-order chi connectivity index (χ1) is 30.7. The van der Waals surface area contributed by atoms with Crippen LogP contribution in [0.2, 0.25) is 0 Å². The van der Waals surface area contributed by atoms with E-state index < -0.39 is 0 Å². The topological polar surface area (TPSA) is 40.6 Å². The molecule has 5 heteroatoms. The molecule has 0 aliphatic rings. The van der Waals surface area contributed by atoms with Gasteiger partial charge in [0.05, 0.1) is 27.6 Å². The molecule has 3 aromatic heterocycles. The van der Waals surface area contributed by atoms with E-state index in [0.29, 0.717) is 0 Å². The van der Waals surface area contributed by atoms with Crippen LogP contribution < -0.4 is 0 Å². The Morgan fingerprint density at radius 2 is 0.823 bits per heavy atom. The highest BCUT2D eigenvalue weighted by Gasteiger charge is 2.21. The van der Waals surface area contributed by atoms with Crippen LogP contribution in [0.5, 0.6) is 0 Å². The number of nitrogens with zero attached hydrogens (tertiary/aromatic N) is 5. The van der Waals surface area contributed by atoms with Crippen molar-refractivity contribution in [2.24, 2.45) is 0 Å². The fourth-order valence-electron chi connectivity index (χ4n) is 9.28. The van der Waals surface area contributed by atoms with Crippen LogP contribution in [0.25, 0.3) is 100 Å². The number of benzene rings is 9. The molecule has 12 aromatic rings. The third-order valence-corrected chi connectivity index (χ3v) is 12.1. The van der Waals surface area contributed by atoms with Crippen LogP contribution in [0.3, 0.4) is 0 Å². The molecule has 0 unspecified atom stereocenters. The minimum atomic E-state index is 0.743. The Balaban J connectivity index is 1.10. The van der Waals surface area contributed by atoms with Crippen LogP contribution in [0.15, 0.2) is 224 Å². The molecule has 9 aromatic carbocycles. The highest BCUT2D eigenvalue weighted by atomic mass is 15.1. The number of para-hydroxylation sites is 5. The van der Waals surface area contributed by atoms with Gasteiger partial charge >= 0.3 is 0 Å². The van der Waals surface area contributed by atoms with Gasteiger partial charge in [0.1, 0.15) is 11.6 Å². The monoisotopic (exact) mass is 793 g/mol. The second-order valence-corrected chi connectivity index (χ2v) is 15.9. The van der Waals surface area contributed by atoms with E-state index in [1.54, 1.807) is 0 Å². The van der Waals surface area contributed by atoms with Crippen molar-refractivity contribution in [1.29, 1.82) is 0 Å². The Kier molecular flexibility index (Phi) is 8.49. The predicted octanol–water partition coefficient (Wildman–Crippen LogP) is 14.2. The summed E-state index contributed by atoms with van der Waals surface area (Å²) in [5.41, 5.74) is 16.6. The zero-order valence-electron chi connectivity index (χ0n) is 33.8. The van der Waals surface area contributed by atoms with Gasteiger partial charge in [-0.05, 0) is 89.0 Å². The first kappa shape index (κ1) is 35.6. The van der Waals surface area contributed by atoms with E-state index in [4.69, 9.17) is 9.97 Å². The van der Waals surface area contributed by atoms with Crippen LogP contribution in [0.4, 0.5) is 0 Å². The molecular formula is C57H39N5. The van der Waals surface area contributed by atoms with Gasteiger partial charge in [0, 0.05) is 50.9 Å². The molecule has 0 N–H and O–H groups in total. The quantitative estimate of drug-likeness (QED) is 0.154. The lowest BCUT2D eigenvalue weighted by molar-refractivity contribution is 0.870. The summed E-state index contributed by atoms with van der Waals surface area (Å²) in [5, 5.41) is 2.45. The Hall–Kier alpha value is -8.28. The summed E-state index contributed by atoms with van der Waals surface area (Å²) in [7, 11) is 0. The maximum absolute atomic E-state index is 5.18. The number of hydrogen-bond acceptors (Lipinski definition) is 2. The third kappa shape index (κ3) is 6.02. The highest BCUT2D eigenvalue weighted by molar-refractivity contribution is 6.14. The molecule has 0 saturated carbocycles. The lowest BCUT2D eigenvalue weighted by atomic mass is 9.95. The van der Waals surface area contributed by atoms with E-state index in [1.165, 1.54) is 32.9 Å². The summed E-state index contributed by atoms with van der Waals surface area (Å²) in [5.74, 6) is 1.84. The maximum atomic E-state index is 5.18. The number of rotatable bonds is 8. The SMILES string of the molecule is c1ccc(Cn2c3ccccc3c3cc(-c4cccc(-n5c(-c6ccccc6)nc6ccccc65)c4)cc(-c4cccc(-n5c(-c6ccccc6)nc6ccccc65)c4)c32)cc1. The molecule has 12 rings (SSSR count). The third-order valence-electron chi connectivity index (χ3n) is 12.1. The van der Waals surface area contributed by atoms with Crippen LogP contribution in [-0.4, -0.2) is 23.7 Å². The average molecular weight is 794 g/mol. The van der Waals surface area contributed by atoms with Crippen molar-refractivity contribution < 1.29 is 0 Å². The van der Waals surface area contributed by atoms with Crippen molar-refractivity contribution in [1.82, 2.24) is 23.7 Å². The molecule has 0 amide bonds. The molecule has 0 saturated heterocycles. The van der Waals surface area contributed by atoms with Crippen molar-refractivity contribution in [3.05, 3.63) is 230 Å². The van der Waals surface area contributed by atoms with Crippen molar-refractivity contribution in [2.75, 3.05) is 0 Å². The van der Waals surface area contributed by atoms with E-state index in [9.17, 15) is 0 Å². The molecule has 5 nitrogen and oxygen atoms in total. The van der Waals surface area contributed by atoms with Gasteiger partial charge in [0.25, 0.3) is 0 Å². The molecule has 0 aliphatic carbocycles. The average Bonchev–Trinajstić information content (AvgIpc) is 4.03. The van der Waals surface area contributed by atoms with E-state index in [-0.39, 0.29) is 0 Å². The van der Waals surface area contributed by atoms with Gasteiger partial charge in [0.2, 0.25) is 0 Å². The number of imidazole rings is 2. The largest absolute Gasteiger partial charge is 0.335 e. The van der Waals surface area contributed by atoms with Gasteiger partial charge in [-0.1, -0.05) is 158 Å². The van der Waals surface area contributed by atoms with E-state index in [2.05, 4.69) is 238 Å². The Morgan fingerprint density at radius 1 is 0.339 bits per heavy atom. The maximum Gasteiger partial charge on any atom is 0.145 e. The highest BCUT2D eigenvalue weighted by Crippen LogP contribution is 2.42. The lowest BCUT2D eigenvalue weighted by Gasteiger charge is -2.16. The zero-order valence-corrected chi connectivity index (χ0v) is 33.8. The summed E-state index contributed by atoms with van der Waals surface area (Å²) < 4.78 is 7.11. The summed E-state index contributed by atoms with van der Waals surface area (Å²) in [6.07, 6.45) is 0. The Morgan fingerprint density at radius 3 is 1.44 bits per heavy atom. The van der Waals surface area contributed by atoms with Gasteiger partial charge in [-0.3, -0.25) is 9.13 Å². The minimum Gasteiger partial charge on any atom is -0.335 e. The van der Waals surface area contributed by atoms with Gasteiger partial charge in [-0.25, -0.2) is 9.97 Å². The fourth-order valence-corrected chi connectivity index (χ4v) is 9.28. The van der Waals surface area contributed by atoms with Crippen LogP contribution >= 0.6 is 0 Å². The van der Waals surface area contributed by atoms with Crippen LogP contribution in [0.1, 0.15) is 5.56 Å². The Labute approximate surface area is 359 Å². The minimum absolute atomic E-state index is 0.743.